The highest BCUT2D eigenvalue weighted by molar-refractivity contribution is 7.19. The number of carboxylic acid groups (broad SMARTS) is 1. The first kappa shape index (κ1) is 15.9. The lowest BCUT2D eigenvalue weighted by atomic mass is 10.1. The molecule has 3 aromatic rings. The lowest BCUT2D eigenvalue weighted by Gasteiger charge is -2.03. The summed E-state index contributed by atoms with van der Waals surface area (Å²) in [6.07, 6.45) is 2.41. The summed E-state index contributed by atoms with van der Waals surface area (Å²) >= 11 is 1.56. The molecule has 1 aromatic heterocycles. The number of thiazole rings is 1. The number of para-hydroxylation sites is 1. The van der Waals surface area contributed by atoms with Crippen LogP contribution in [0.2, 0.25) is 0 Å². The summed E-state index contributed by atoms with van der Waals surface area (Å²) in [7, 11) is 0. The fraction of sp³-hybridized carbons (Fsp3) is 0.105. The number of allylic oxidation sites excluding steroid dienone is 1. The van der Waals surface area contributed by atoms with Crippen LogP contribution in [-0.4, -0.2) is 16.1 Å². The average molecular weight is 334 g/mol. The highest BCUT2D eigenvalue weighted by atomic mass is 32.1. The van der Waals surface area contributed by atoms with Gasteiger partial charge in [0.05, 0.1) is 21.8 Å². The third-order valence-electron chi connectivity index (χ3n) is 3.56. The minimum atomic E-state index is -0.832. The summed E-state index contributed by atoms with van der Waals surface area (Å²) in [4.78, 5) is 15.6. The first-order chi connectivity index (χ1) is 11.7. The minimum absolute atomic E-state index is 0.0536. The molecule has 0 aliphatic heterocycles. The van der Waals surface area contributed by atoms with Gasteiger partial charge in [-0.05, 0) is 47.9 Å². The highest BCUT2D eigenvalue weighted by Crippen LogP contribution is 2.31. The van der Waals surface area contributed by atoms with Crippen molar-refractivity contribution in [1.82, 2.24) is 4.98 Å². The van der Waals surface area contributed by atoms with Crippen LogP contribution in [0.15, 0.2) is 48.5 Å². The standard InChI is InChI=1S/C19H14N2O2S/c20-12-14-7-5-13(6-8-14)11-15(9-10-18(22)23)19-21-16-3-1-2-4-17(16)24-19/h1-8,11H,9-10H2,(H,22,23)/b15-11-. The van der Waals surface area contributed by atoms with E-state index >= 15 is 0 Å². The zero-order valence-corrected chi connectivity index (χ0v) is 13.6. The number of aromatic nitrogens is 1. The van der Waals surface area contributed by atoms with Crippen molar-refractivity contribution >= 4 is 39.2 Å². The lowest BCUT2D eigenvalue weighted by molar-refractivity contribution is -0.136. The van der Waals surface area contributed by atoms with Gasteiger partial charge in [-0.15, -0.1) is 11.3 Å². The number of carboxylic acids is 1. The topological polar surface area (TPSA) is 74.0 Å². The van der Waals surface area contributed by atoms with Crippen LogP contribution in [0.4, 0.5) is 0 Å². The first-order valence-corrected chi connectivity index (χ1v) is 8.26. The maximum atomic E-state index is 11.0. The van der Waals surface area contributed by atoms with Crippen LogP contribution in [0, 0.1) is 11.3 Å². The van der Waals surface area contributed by atoms with E-state index in [-0.39, 0.29) is 6.42 Å². The maximum absolute atomic E-state index is 11.0. The first-order valence-electron chi connectivity index (χ1n) is 7.44. The van der Waals surface area contributed by atoms with Gasteiger partial charge in [-0.25, -0.2) is 4.98 Å². The number of aliphatic carboxylic acids is 1. The molecule has 118 valence electrons. The Labute approximate surface area is 143 Å². The van der Waals surface area contributed by atoms with E-state index in [4.69, 9.17) is 10.4 Å². The monoisotopic (exact) mass is 334 g/mol. The van der Waals surface area contributed by atoms with E-state index < -0.39 is 5.97 Å². The fourth-order valence-electron chi connectivity index (χ4n) is 2.35. The molecule has 0 saturated carbocycles. The molecule has 0 unspecified atom stereocenters. The third-order valence-corrected chi connectivity index (χ3v) is 4.67. The van der Waals surface area contributed by atoms with Gasteiger partial charge >= 0.3 is 5.97 Å². The van der Waals surface area contributed by atoms with Crippen molar-refractivity contribution in [1.29, 1.82) is 5.26 Å². The van der Waals surface area contributed by atoms with E-state index in [1.165, 1.54) is 0 Å². The Bertz CT molecular complexity index is 916. The predicted octanol–water partition coefficient (Wildman–Crippen LogP) is 4.57. The van der Waals surface area contributed by atoms with Crippen LogP contribution in [0.3, 0.4) is 0 Å². The van der Waals surface area contributed by atoms with Crippen LogP contribution in [0.5, 0.6) is 0 Å². The summed E-state index contributed by atoms with van der Waals surface area (Å²) in [5, 5.41) is 18.7. The molecular formula is C19H14N2O2S. The van der Waals surface area contributed by atoms with Gasteiger partial charge in [-0.2, -0.15) is 5.26 Å². The van der Waals surface area contributed by atoms with E-state index in [1.807, 2.05) is 42.5 Å². The van der Waals surface area contributed by atoms with Gasteiger partial charge in [-0.3, -0.25) is 4.79 Å². The van der Waals surface area contributed by atoms with E-state index in [2.05, 4.69) is 11.1 Å². The van der Waals surface area contributed by atoms with E-state index in [9.17, 15) is 4.79 Å². The fourth-order valence-corrected chi connectivity index (χ4v) is 3.36. The van der Waals surface area contributed by atoms with E-state index in [1.54, 1.807) is 23.5 Å². The second kappa shape index (κ2) is 7.07. The average Bonchev–Trinajstić information content (AvgIpc) is 3.03. The third kappa shape index (κ3) is 3.67. The summed E-state index contributed by atoms with van der Waals surface area (Å²) in [5.41, 5.74) is 3.33. The molecule has 5 heteroatoms. The molecule has 0 radical (unpaired) electrons. The van der Waals surface area contributed by atoms with Crippen LogP contribution >= 0.6 is 11.3 Å². The summed E-state index contributed by atoms with van der Waals surface area (Å²) in [6, 6.07) is 17.2. The number of nitriles is 1. The van der Waals surface area contributed by atoms with Gasteiger partial charge in [0.25, 0.3) is 0 Å². The van der Waals surface area contributed by atoms with Gasteiger partial charge in [0, 0.05) is 6.42 Å². The zero-order chi connectivity index (χ0) is 16.9. The van der Waals surface area contributed by atoms with Crippen molar-refractivity contribution in [3.8, 4) is 6.07 Å². The second-order valence-electron chi connectivity index (χ2n) is 5.28. The molecule has 4 nitrogen and oxygen atoms in total. The molecule has 24 heavy (non-hydrogen) atoms. The normalized spacial score (nSPS) is 11.4. The quantitative estimate of drug-likeness (QED) is 0.741. The molecule has 0 spiro atoms. The smallest absolute Gasteiger partial charge is 0.303 e. The predicted molar refractivity (Wildman–Crippen MR) is 95.5 cm³/mol. The van der Waals surface area contributed by atoms with Gasteiger partial charge in [0.1, 0.15) is 5.01 Å². The number of hydrogen-bond acceptors (Lipinski definition) is 4. The van der Waals surface area contributed by atoms with Crippen molar-refractivity contribution in [2.45, 2.75) is 12.8 Å². The largest absolute Gasteiger partial charge is 0.481 e. The number of benzene rings is 2. The molecule has 0 amide bonds. The Morgan fingerprint density at radius 1 is 1.17 bits per heavy atom. The van der Waals surface area contributed by atoms with Crippen molar-refractivity contribution in [2.75, 3.05) is 0 Å². The molecule has 0 aliphatic carbocycles. The van der Waals surface area contributed by atoms with Gasteiger partial charge < -0.3 is 5.11 Å². The van der Waals surface area contributed by atoms with Crippen LogP contribution in [0.1, 0.15) is 29.0 Å². The van der Waals surface area contributed by atoms with Gasteiger partial charge in [-0.1, -0.05) is 24.3 Å². The molecule has 1 N–H and O–H groups in total. The molecule has 2 aromatic carbocycles. The Morgan fingerprint density at radius 2 is 1.92 bits per heavy atom. The van der Waals surface area contributed by atoms with Gasteiger partial charge in [0.2, 0.25) is 0 Å². The van der Waals surface area contributed by atoms with Gasteiger partial charge in [0.15, 0.2) is 0 Å². The molecule has 0 atom stereocenters. The molecular weight excluding hydrogens is 320 g/mol. The number of carbonyl (C=O) groups is 1. The SMILES string of the molecule is N#Cc1ccc(/C=C(/CCC(=O)O)c2nc3ccccc3s2)cc1. The van der Waals surface area contributed by atoms with Crippen molar-refractivity contribution in [3.63, 3.8) is 0 Å². The number of nitrogens with zero attached hydrogens (tertiary/aromatic N) is 2. The zero-order valence-electron chi connectivity index (χ0n) is 12.8. The summed E-state index contributed by atoms with van der Waals surface area (Å²) in [6.45, 7) is 0. The Kier molecular flexibility index (Phi) is 4.69. The molecule has 3 rings (SSSR count). The Balaban J connectivity index is 1.99. The highest BCUT2D eigenvalue weighted by Gasteiger charge is 2.11. The number of rotatable bonds is 5. The molecule has 0 bridgehead atoms. The van der Waals surface area contributed by atoms with Crippen LogP contribution < -0.4 is 0 Å². The minimum Gasteiger partial charge on any atom is -0.481 e. The van der Waals surface area contributed by atoms with E-state index in [0.29, 0.717) is 12.0 Å². The van der Waals surface area contributed by atoms with Crippen LogP contribution in [0.25, 0.3) is 21.9 Å². The Morgan fingerprint density at radius 3 is 2.58 bits per heavy atom. The molecule has 1 heterocycles. The Hall–Kier alpha value is -2.97. The maximum Gasteiger partial charge on any atom is 0.303 e. The summed E-state index contributed by atoms with van der Waals surface area (Å²) in [5.74, 6) is -0.832. The molecule has 0 fully saturated rings. The summed E-state index contributed by atoms with van der Waals surface area (Å²) < 4.78 is 1.08. The lowest BCUT2D eigenvalue weighted by Crippen LogP contribution is -1.95. The number of hydrogen-bond donors (Lipinski definition) is 1. The van der Waals surface area contributed by atoms with Crippen molar-refractivity contribution in [2.24, 2.45) is 0 Å². The van der Waals surface area contributed by atoms with E-state index in [0.717, 1.165) is 26.4 Å². The second-order valence-corrected chi connectivity index (χ2v) is 6.31. The van der Waals surface area contributed by atoms with Crippen LogP contribution in [-0.2, 0) is 4.79 Å². The number of fused-ring (bicyclic) bond motifs is 1. The van der Waals surface area contributed by atoms with Crippen molar-refractivity contribution < 1.29 is 9.90 Å². The molecule has 0 saturated heterocycles. The van der Waals surface area contributed by atoms with Crippen molar-refractivity contribution in [3.05, 3.63) is 64.7 Å². The molecule has 0 aliphatic rings.